The highest BCUT2D eigenvalue weighted by molar-refractivity contribution is 5.30. The molecule has 0 amide bonds. The van der Waals surface area contributed by atoms with Crippen molar-refractivity contribution in [3.63, 3.8) is 0 Å². The van der Waals surface area contributed by atoms with Gasteiger partial charge in [0.2, 0.25) is 5.95 Å². The third-order valence-electron chi connectivity index (χ3n) is 3.55. The van der Waals surface area contributed by atoms with Gasteiger partial charge in [-0.2, -0.15) is 0 Å². The molecule has 0 aliphatic carbocycles. The van der Waals surface area contributed by atoms with Crippen LogP contribution in [0.5, 0.6) is 0 Å². The maximum Gasteiger partial charge on any atom is 0.225 e. The van der Waals surface area contributed by atoms with Gasteiger partial charge < -0.3 is 10.2 Å². The minimum Gasteiger partial charge on any atom is -0.341 e. The Bertz CT molecular complexity index is 374. The van der Waals surface area contributed by atoms with Crippen molar-refractivity contribution >= 4 is 5.95 Å². The molecule has 0 aromatic carbocycles. The summed E-state index contributed by atoms with van der Waals surface area (Å²) < 4.78 is 0. The van der Waals surface area contributed by atoms with Crippen molar-refractivity contribution in [2.45, 2.75) is 33.6 Å². The predicted octanol–water partition coefficient (Wildman–Crippen LogP) is 2.25. The van der Waals surface area contributed by atoms with Crippen molar-refractivity contribution < 1.29 is 0 Å². The molecule has 2 rings (SSSR count). The fourth-order valence-corrected chi connectivity index (χ4v) is 2.54. The lowest BCUT2D eigenvalue weighted by atomic mass is 9.98. The van der Waals surface area contributed by atoms with E-state index in [1.165, 1.54) is 12.8 Å². The molecule has 19 heavy (non-hydrogen) atoms. The van der Waals surface area contributed by atoms with Gasteiger partial charge in [0.05, 0.1) is 0 Å². The Morgan fingerprint density at radius 3 is 2.79 bits per heavy atom. The average molecular weight is 262 g/mol. The van der Waals surface area contributed by atoms with Crippen LogP contribution in [0.15, 0.2) is 12.4 Å². The SMILES string of the molecule is Cc1cnc(N2CCCC(CNCC(C)C)C2)nc1. The molecule has 1 N–H and O–H groups in total. The second kappa shape index (κ2) is 6.85. The van der Waals surface area contributed by atoms with E-state index in [2.05, 4.69) is 34.0 Å². The molecule has 1 saturated heterocycles. The highest BCUT2D eigenvalue weighted by Gasteiger charge is 2.21. The van der Waals surface area contributed by atoms with Gasteiger partial charge in [0.15, 0.2) is 0 Å². The first-order valence-corrected chi connectivity index (χ1v) is 7.39. The van der Waals surface area contributed by atoms with E-state index in [9.17, 15) is 0 Å². The van der Waals surface area contributed by atoms with Gasteiger partial charge in [-0.15, -0.1) is 0 Å². The van der Waals surface area contributed by atoms with Crippen molar-refractivity contribution in [2.24, 2.45) is 11.8 Å². The number of hydrogen-bond acceptors (Lipinski definition) is 4. The van der Waals surface area contributed by atoms with Gasteiger partial charge in [-0.25, -0.2) is 9.97 Å². The molecule has 0 saturated carbocycles. The summed E-state index contributed by atoms with van der Waals surface area (Å²) in [4.78, 5) is 11.2. The van der Waals surface area contributed by atoms with Crippen molar-refractivity contribution in [2.75, 3.05) is 31.1 Å². The van der Waals surface area contributed by atoms with E-state index >= 15 is 0 Å². The maximum absolute atomic E-state index is 4.44. The molecule has 0 radical (unpaired) electrons. The summed E-state index contributed by atoms with van der Waals surface area (Å²) in [5.74, 6) is 2.33. The van der Waals surface area contributed by atoms with Crippen molar-refractivity contribution in [1.29, 1.82) is 0 Å². The topological polar surface area (TPSA) is 41.1 Å². The lowest BCUT2D eigenvalue weighted by molar-refractivity contribution is 0.380. The molecule has 1 aromatic heterocycles. The van der Waals surface area contributed by atoms with Crippen LogP contribution in [0.4, 0.5) is 5.95 Å². The molecule has 2 heterocycles. The van der Waals surface area contributed by atoms with Gasteiger partial charge >= 0.3 is 0 Å². The number of hydrogen-bond donors (Lipinski definition) is 1. The number of anilines is 1. The Kier molecular flexibility index (Phi) is 5.14. The average Bonchev–Trinajstić information content (AvgIpc) is 2.39. The summed E-state index contributed by atoms with van der Waals surface area (Å²) in [7, 11) is 0. The van der Waals surface area contributed by atoms with Gasteiger partial charge in [-0.1, -0.05) is 13.8 Å². The normalized spacial score (nSPS) is 20.0. The van der Waals surface area contributed by atoms with Crippen LogP contribution in [0.25, 0.3) is 0 Å². The molecular weight excluding hydrogens is 236 g/mol. The molecule has 4 heteroatoms. The Hall–Kier alpha value is -1.16. The number of nitrogens with one attached hydrogen (secondary N) is 1. The fourth-order valence-electron chi connectivity index (χ4n) is 2.54. The fraction of sp³-hybridized carbons (Fsp3) is 0.733. The first-order valence-electron chi connectivity index (χ1n) is 7.39. The summed E-state index contributed by atoms with van der Waals surface area (Å²) in [5.41, 5.74) is 1.12. The monoisotopic (exact) mass is 262 g/mol. The van der Waals surface area contributed by atoms with E-state index in [1.807, 2.05) is 19.3 Å². The molecule has 0 bridgehead atoms. The van der Waals surface area contributed by atoms with Gasteiger partial charge in [-0.05, 0) is 50.3 Å². The quantitative estimate of drug-likeness (QED) is 0.883. The number of rotatable bonds is 5. The van der Waals surface area contributed by atoms with Gasteiger partial charge in [0.25, 0.3) is 0 Å². The largest absolute Gasteiger partial charge is 0.341 e. The minimum atomic E-state index is 0.720. The van der Waals surface area contributed by atoms with E-state index in [0.717, 1.165) is 49.5 Å². The van der Waals surface area contributed by atoms with Crippen LogP contribution >= 0.6 is 0 Å². The molecule has 1 atom stereocenters. The summed E-state index contributed by atoms with van der Waals surface area (Å²) >= 11 is 0. The second-order valence-electron chi connectivity index (χ2n) is 6.07. The van der Waals surface area contributed by atoms with Gasteiger partial charge in [0.1, 0.15) is 0 Å². The molecule has 4 nitrogen and oxygen atoms in total. The molecule has 0 spiro atoms. The van der Waals surface area contributed by atoms with E-state index in [1.54, 1.807) is 0 Å². The van der Waals surface area contributed by atoms with Crippen LogP contribution in [-0.4, -0.2) is 36.1 Å². The Morgan fingerprint density at radius 1 is 1.37 bits per heavy atom. The molecule has 106 valence electrons. The lowest BCUT2D eigenvalue weighted by Crippen LogP contribution is -2.41. The summed E-state index contributed by atoms with van der Waals surface area (Å²) in [6.07, 6.45) is 6.37. The molecule has 1 aromatic rings. The molecule has 1 aliphatic heterocycles. The second-order valence-corrected chi connectivity index (χ2v) is 6.07. The van der Waals surface area contributed by atoms with E-state index in [0.29, 0.717) is 0 Å². The third-order valence-corrected chi connectivity index (χ3v) is 3.55. The Morgan fingerprint density at radius 2 is 2.11 bits per heavy atom. The maximum atomic E-state index is 4.44. The van der Waals surface area contributed by atoms with E-state index < -0.39 is 0 Å². The molecular formula is C15H26N4. The van der Waals surface area contributed by atoms with Gasteiger partial charge in [0, 0.05) is 25.5 Å². The molecule has 1 unspecified atom stereocenters. The highest BCUT2D eigenvalue weighted by Crippen LogP contribution is 2.19. The van der Waals surface area contributed by atoms with Crippen LogP contribution < -0.4 is 10.2 Å². The Labute approximate surface area is 116 Å². The van der Waals surface area contributed by atoms with Crippen molar-refractivity contribution in [3.05, 3.63) is 18.0 Å². The number of aromatic nitrogens is 2. The summed E-state index contributed by atoms with van der Waals surface area (Å²) in [6, 6.07) is 0. The standard InChI is InChI=1S/C15H26N4/c1-12(2)7-16-10-14-5-4-6-19(11-14)15-17-8-13(3)9-18-15/h8-9,12,14,16H,4-7,10-11H2,1-3H3. The Balaban J connectivity index is 1.84. The molecule has 1 aliphatic rings. The van der Waals surface area contributed by atoms with Crippen molar-refractivity contribution in [1.82, 2.24) is 15.3 Å². The number of aryl methyl sites for hydroxylation is 1. The van der Waals surface area contributed by atoms with Crippen LogP contribution in [0.2, 0.25) is 0 Å². The number of piperidine rings is 1. The zero-order valence-electron chi connectivity index (χ0n) is 12.4. The van der Waals surface area contributed by atoms with Crippen LogP contribution in [0, 0.1) is 18.8 Å². The van der Waals surface area contributed by atoms with Gasteiger partial charge in [-0.3, -0.25) is 0 Å². The van der Waals surface area contributed by atoms with E-state index in [4.69, 9.17) is 0 Å². The first kappa shape index (κ1) is 14.3. The van der Waals surface area contributed by atoms with Crippen LogP contribution in [-0.2, 0) is 0 Å². The molecule has 1 fully saturated rings. The van der Waals surface area contributed by atoms with Crippen LogP contribution in [0.3, 0.4) is 0 Å². The zero-order chi connectivity index (χ0) is 13.7. The van der Waals surface area contributed by atoms with Crippen LogP contribution in [0.1, 0.15) is 32.3 Å². The number of nitrogens with zero attached hydrogens (tertiary/aromatic N) is 3. The summed E-state index contributed by atoms with van der Waals surface area (Å²) in [5, 5.41) is 3.57. The smallest absolute Gasteiger partial charge is 0.225 e. The third kappa shape index (κ3) is 4.46. The zero-order valence-corrected chi connectivity index (χ0v) is 12.4. The highest BCUT2D eigenvalue weighted by atomic mass is 15.3. The minimum absolute atomic E-state index is 0.720. The first-order chi connectivity index (χ1) is 9.15. The predicted molar refractivity (Wildman–Crippen MR) is 79.4 cm³/mol. The van der Waals surface area contributed by atoms with E-state index in [-0.39, 0.29) is 0 Å². The lowest BCUT2D eigenvalue weighted by Gasteiger charge is -2.33. The van der Waals surface area contributed by atoms with Crippen molar-refractivity contribution in [3.8, 4) is 0 Å². The summed E-state index contributed by atoms with van der Waals surface area (Å²) in [6.45, 7) is 10.9.